The maximum atomic E-state index is 13.5. The standard InChI is InChI=1S/C22H19N7OS.2C2H6/c1-23-10-14-5-4-6-15(9-14)29-18(28-17-8-3-2-7-16(17)22(29)30)11-31-21-19-20(25-12-24-19)26-13-27-21;2*1-2/h2-9,12-13,23H,10-11H2,1H3,(H,24,25,26,27);2*1-2H3. The van der Waals surface area contributed by atoms with Gasteiger partial charge in [-0.25, -0.2) is 19.9 Å². The molecule has 0 aliphatic carbocycles. The van der Waals surface area contributed by atoms with Gasteiger partial charge in [-0.2, -0.15) is 0 Å². The number of nitrogens with one attached hydrogen (secondary N) is 2. The predicted molar refractivity (Wildman–Crippen MR) is 144 cm³/mol. The topological polar surface area (TPSA) is 101 Å². The Morgan fingerprint density at radius 2 is 1.80 bits per heavy atom. The highest BCUT2D eigenvalue weighted by Gasteiger charge is 2.15. The smallest absolute Gasteiger partial charge is 0.265 e. The van der Waals surface area contributed by atoms with Crippen LogP contribution in [0.15, 0.2) is 71.0 Å². The van der Waals surface area contributed by atoms with Crippen LogP contribution in [-0.4, -0.2) is 36.5 Å². The summed E-state index contributed by atoms with van der Waals surface area (Å²) in [6.07, 6.45) is 3.09. The third-order valence-corrected chi connectivity index (χ3v) is 5.91. The van der Waals surface area contributed by atoms with Crippen molar-refractivity contribution in [2.24, 2.45) is 0 Å². The van der Waals surface area contributed by atoms with Crippen LogP contribution in [0.5, 0.6) is 0 Å². The number of fused-ring (bicyclic) bond motifs is 2. The minimum Gasteiger partial charge on any atom is -0.341 e. The zero-order chi connectivity index (χ0) is 25.2. The highest BCUT2D eigenvalue weighted by molar-refractivity contribution is 7.98. The molecule has 5 aromatic rings. The van der Waals surface area contributed by atoms with E-state index < -0.39 is 0 Å². The van der Waals surface area contributed by atoms with Gasteiger partial charge in [0.25, 0.3) is 5.56 Å². The lowest BCUT2D eigenvalue weighted by Crippen LogP contribution is -2.24. The van der Waals surface area contributed by atoms with E-state index in [-0.39, 0.29) is 5.56 Å². The number of hydrogen-bond donors (Lipinski definition) is 2. The van der Waals surface area contributed by atoms with Gasteiger partial charge in [0.15, 0.2) is 5.65 Å². The van der Waals surface area contributed by atoms with E-state index in [1.807, 2.05) is 83.3 Å². The lowest BCUT2D eigenvalue weighted by atomic mass is 10.2. The van der Waals surface area contributed by atoms with Gasteiger partial charge in [-0.3, -0.25) is 9.36 Å². The number of nitrogens with zero attached hydrogens (tertiary/aromatic N) is 5. The van der Waals surface area contributed by atoms with Gasteiger partial charge in [0.1, 0.15) is 22.7 Å². The van der Waals surface area contributed by atoms with E-state index in [0.29, 0.717) is 34.7 Å². The molecule has 2 aromatic carbocycles. The third-order valence-electron chi connectivity index (χ3n) is 4.92. The van der Waals surface area contributed by atoms with E-state index in [4.69, 9.17) is 4.98 Å². The predicted octanol–water partition coefficient (Wildman–Crippen LogP) is 5.12. The van der Waals surface area contributed by atoms with Crippen LogP contribution < -0.4 is 10.9 Å². The molecule has 3 aromatic heterocycles. The zero-order valence-electron chi connectivity index (χ0n) is 20.7. The van der Waals surface area contributed by atoms with Crippen LogP contribution >= 0.6 is 11.8 Å². The zero-order valence-corrected chi connectivity index (χ0v) is 21.6. The Balaban J connectivity index is 0.000000815. The second kappa shape index (κ2) is 12.8. The second-order valence-electron chi connectivity index (χ2n) is 6.95. The van der Waals surface area contributed by atoms with E-state index in [0.717, 1.165) is 21.8 Å². The second-order valence-corrected chi connectivity index (χ2v) is 7.92. The van der Waals surface area contributed by atoms with E-state index in [1.54, 1.807) is 10.9 Å². The Labute approximate surface area is 209 Å². The van der Waals surface area contributed by atoms with Crippen molar-refractivity contribution < 1.29 is 0 Å². The molecule has 0 atom stereocenters. The number of aromatic amines is 1. The van der Waals surface area contributed by atoms with Gasteiger partial charge < -0.3 is 10.3 Å². The first-order valence-electron chi connectivity index (χ1n) is 11.8. The van der Waals surface area contributed by atoms with Crippen molar-refractivity contribution in [2.45, 2.75) is 45.0 Å². The van der Waals surface area contributed by atoms with E-state index in [1.165, 1.54) is 18.1 Å². The summed E-state index contributed by atoms with van der Waals surface area (Å²) in [4.78, 5) is 34.1. The molecule has 2 N–H and O–H groups in total. The van der Waals surface area contributed by atoms with Crippen LogP contribution in [0.3, 0.4) is 0 Å². The van der Waals surface area contributed by atoms with Crippen molar-refractivity contribution in [2.75, 3.05) is 7.05 Å². The summed E-state index contributed by atoms with van der Waals surface area (Å²) in [6.45, 7) is 8.71. The highest BCUT2D eigenvalue weighted by Crippen LogP contribution is 2.26. The Hall–Kier alpha value is -3.56. The molecule has 3 heterocycles. The fourth-order valence-corrected chi connectivity index (χ4v) is 4.41. The normalized spacial score (nSPS) is 10.4. The minimum absolute atomic E-state index is 0.0859. The van der Waals surface area contributed by atoms with Gasteiger partial charge >= 0.3 is 0 Å². The highest BCUT2D eigenvalue weighted by atomic mass is 32.2. The number of rotatable bonds is 6. The summed E-state index contributed by atoms with van der Waals surface area (Å²) in [5, 5.41) is 4.51. The van der Waals surface area contributed by atoms with E-state index >= 15 is 0 Å². The van der Waals surface area contributed by atoms with Gasteiger partial charge in [0.05, 0.1) is 28.7 Å². The lowest BCUT2D eigenvalue weighted by molar-refractivity contribution is 0.812. The molecular formula is C26H31N7OS. The number of hydrogen-bond acceptors (Lipinski definition) is 7. The van der Waals surface area contributed by atoms with Crippen molar-refractivity contribution >= 4 is 33.8 Å². The van der Waals surface area contributed by atoms with Crippen LogP contribution in [0.4, 0.5) is 0 Å². The summed E-state index contributed by atoms with van der Waals surface area (Å²) in [5.41, 5.74) is 3.87. The van der Waals surface area contributed by atoms with E-state index in [9.17, 15) is 4.79 Å². The Morgan fingerprint density at radius 3 is 2.60 bits per heavy atom. The molecule has 0 spiro atoms. The summed E-state index contributed by atoms with van der Waals surface area (Å²) in [6, 6.07) is 15.4. The molecule has 0 unspecified atom stereocenters. The number of para-hydroxylation sites is 1. The molecular weight excluding hydrogens is 458 g/mol. The molecule has 0 bridgehead atoms. The van der Waals surface area contributed by atoms with Gasteiger partial charge in [-0.15, -0.1) is 0 Å². The molecule has 0 aliphatic rings. The minimum atomic E-state index is -0.0859. The van der Waals surface area contributed by atoms with Crippen LogP contribution in [0.25, 0.3) is 27.8 Å². The van der Waals surface area contributed by atoms with Crippen molar-refractivity contribution in [3.63, 3.8) is 0 Å². The Bertz CT molecular complexity index is 1440. The number of H-pyrrole nitrogens is 1. The van der Waals surface area contributed by atoms with Crippen molar-refractivity contribution in [1.29, 1.82) is 0 Å². The molecule has 0 saturated carbocycles. The molecule has 5 rings (SSSR count). The molecule has 0 aliphatic heterocycles. The first kappa shape index (κ1) is 26.1. The van der Waals surface area contributed by atoms with Gasteiger partial charge in [-0.1, -0.05) is 63.7 Å². The summed E-state index contributed by atoms with van der Waals surface area (Å²) >= 11 is 1.49. The number of thioether (sulfide) groups is 1. The Kier molecular flexibility index (Phi) is 9.51. The van der Waals surface area contributed by atoms with Crippen molar-refractivity contribution in [1.82, 2.24) is 34.8 Å². The van der Waals surface area contributed by atoms with Gasteiger partial charge in [0, 0.05) is 6.54 Å². The average Bonchev–Trinajstić information content (AvgIpc) is 3.40. The average molecular weight is 490 g/mol. The fraction of sp³-hybridized carbons (Fsp3) is 0.269. The molecule has 8 nitrogen and oxygen atoms in total. The van der Waals surface area contributed by atoms with Crippen molar-refractivity contribution in [3.05, 3.63) is 82.9 Å². The summed E-state index contributed by atoms with van der Waals surface area (Å²) in [5.74, 6) is 1.11. The van der Waals surface area contributed by atoms with Crippen molar-refractivity contribution in [3.8, 4) is 5.69 Å². The first-order valence-corrected chi connectivity index (χ1v) is 12.7. The maximum absolute atomic E-state index is 13.5. The molecule has 35 heavy (non-hydrogen) atoms. The summed E-state index contributed by atoms with van der Waals surface area (Å²) < 4.78 is 1.69. The molecule has 0 fully saturated rings. The van der Waals surface area contributed by atoms with Crippen LogP contribution in [0.2, 0.25) is 0 Å². The van der Waals surface area contributed by atoms with E-state index in [2.05, 4.69) is 25.3 Å². The third kappa shape index (κ3) is 5.75. The lowest BCUT2D eigenvalue weighted by Gasteiger charge is -2.14. The first-order chi connectivity index (χ1) is 17.2. The largest absolute Gasteiger partial charge is 0.341 e. The van der Waals surface area contributed by atoms with Crippen LogP contribution in [0.1, 0.15) is 39.1 Å². The van der Waals surface area contributed by atoms with Gasteiger partial charge in [-0.05, 0) is 36.9 Å². The molecule has 0 radical (unpaired) electrons. The molecule has 182 valence electrons. The number of benzene rings is 2. The Morgan fingerprint density at radius 1 is 1.00 bits per heavy atom. The molecule has 9 heteroatoms. The summed E-state index contributed by atoms with van der Waals surface area (Å²) in [7, 11) is 1.90. The van der Waals surface area contributed by atoms with Crippen LogP contribution in [-0.2, 0) is 12.3 Å². The fourth-order valence-electron chi connectivity index (χ4n) is 3.54. The number of aromatic nitrogens is 6. The molecule has 0 amide bonds. The quantitative estimate of drug-likeness (QED) is 0.252. The maximum Gasteiger partial charge on any atom is 0.265 e. The SMILES string of the molecule is CC.CC.CNCc1cccc(-n2c(CSc3ncnc4nc[nH]c34)nc3ccccc3c2=O)c1. The monoisotopic (exact) mass is 489 g/mol. The van der Waals surface area contributed by atoms with Gasteiger partial charge in [0.2, 0.25) is 0 Å². The number of imidazole rings is 1. The van der Waals surface area contributed by atoms with Crippen LogP contribution in [0, 0.1) is 0 Å². The molecule has 0 saturated heterocycles.